The zero-order chi connectivity index (χ0) is 12.3. The Kier molecular flexibility index (Phi) is 4.26. The highest BCUT2D eigenvalue weighted by molar-refractivity contribution is 7.79. The van der Waals surface area contributed by atoms with Gasteiger partial charge in [-0.3, -0.25) is 0 Å². The van der Waals surface area contributed by atoms with Crippen molar-refractivity contribution in [3.05, 3.63) is 57.6 Å². The second kappa shape index (κ2) is 5.71. The van der Waals surface area contributed by atoms with Crippen molar-refractivity contribution in [1.82, 2.24) is 9.97 Å². The molecule has 2 nitrogen and oxygen atoms in total. The molecule has 0 unspecified atom stereocenters. The molecular weight excluding hydrogens is 275 g/mol. The molecule has 0 amide bonds. The third kappa shape index (κ3) is 3.12. The van der Waals surface area contributed by atoms with Crippen LogP contribution in [0.5, 0.6) is 0 Å². The number of rotatable bonds is 3. The summed E-state index contributed by atoms with van der Waals surface area (Å²) in [6.07, 6.45) is 0.630. The minimum absolute atomic E-state index is 0.401. The first-order valence-corrected chi connectivity index (χ1v) is 6.45. The van der Waals surface area contributed by atoms with E-state index in [0.29, 0.717) is 28.3 Å². The van der Waals surface area contributed by atoms with E-state index in [4.69, 9.17) is 23.2 Å². The number of benzene rings is 1. The summed E-state index contributed by atoms with van der Waals surface area (Å²) in [5.41, 5.74) is 1.88. The van der Waals surface area contributed by atoms with Crippen molar-refractivity contribution < 1.29 is 0 Å². The second-order valence-corrected chi connectivity index (χ2v) is 4.55. The molecule has 0 bridgehead atoms. The molecule has 5 heteroatoms. The first-order valence-electron chi connectivity index (χ1n) is 5.06. The Hall–Kier alpha value is -0.770. The van der Waals surface area contributed by atoms with Crippen molar-refractivity contribution in [3.63, 3.8) is 0 Å². The van der Waals surface area contributed by atoms with Crippen LogP contribution < -0.4 is 0 Å². The van der Waals surface area contributed by atoms with Gasteiger partial charge in [-0.15, -0.1) is 0 Å². The fraction of sp³-hybridized carbons (Fsp3) is 0.167. The van der Waals surface area contributed by atoms with E-state index >= 15 is 0 Å². The zero-order valence-corrected chi connectivity index (χ0v) is 11.3. The van der Waals surface area contributed by atoms with Crippen molar-refractivity contribution in [1.29, 1.82) is 0 Å². The summed E-state index contributed by atoms with van der Waals surface area (Å²) < 4.78 is 0. The van der Waals surface area contributed by atoms with E-state index in [-0.39, 0.29) is 0 Å². The highest BCUT2D eigenvalue weighted by Crippen LogP contribution is 2.24. The molecule has 0 aliphatic heterocycles. The predicted octanol–water partition coefficient (Wildman–Crippen LogP) is 3.80. The van der Waals surface area contributed by atoms with Crippen LogP contribution in [0.4, 0.5) is 0 Å². The Morgan fingerprint density at radius 2 is 1.59 bits per heavy atom. The normalized spacial score (nSPS) is 10.5. The van der Waals surface area contributed by atoms with Crippen LogP contribution in [-0.4, -0.2) is 9.97 Å². The van der Waals surface area contributed by atoms with E-state index in [2.05, 4.69) is 22.6 Å². The quantitative estimate of drug-likeness (QED) is 0.685. The summed E-state index contributed by atoms with van der Waals surface area (Å²) in [5.74, 6) is 0.963. The first kappa shape index (κ1) is 12.7. The van der Waals surface area contributed by atoms with E-state index in [1.165, 1.54) is 0 Å². The lowest BCUT2D eigenvalue weighted by Gasteiger charge is -2.07. The molecule has 0 radical (unpaired) electrons. The Balaban J connectivity index is 2.33. The smallest absolute Gasteiger partial charge is 0.141 e. The van der Waals surface area contributed by atoms with Gasteiger partial charge in [0.2, 0.25) is 0 Å². The monoisotopic (exact) mass is 284 g/mol. The largest absolute Gasteiger partial charge is 0.220 e. The summed E-state index contributed by atoms with van der Waals surface area (Å²) in [6.45, 7) is 0. The molecule has 2 rings (SSSR count). The molecular formula is C12H10Cl2N2S. The Bertz CT molecular complexity index is 494. The molecule has 1 aromatic heterocycles. The Labute approximate surface area is 115 Å². The van der Waals surface area contributed by atoms with Gasteiger partial charge in [-0.2, -0.15) is 12.6 Å². The molecule has 17 heavy (non-hydrogen) atoms. The van der Waals surface area contributed by atoms with Crippen LogP contribution >= 0.6 is 35.8 Å². The van der Waals surface area contributed by atoms with Crippen LogP contribution in [0.25, 0.3) is 0 Å². The van der Waals surface area contributed by atoms with Crippen molar-refractivity contribution in [2.75, 3.05) is 0 Å². The lowest BCUT2D eigenvalue weighted by atomic mass is 10.1. The van der Waals surface area contributed by atoms with Gasteiger partial charge in [0.15, 0.2) is 0 Å². The van der Waals surface area contributed by atoms with E-state index < -0.39 is 0 Å². The minimum atomic E-state index is 0.401. The van der Waals surface area contributed by atoms with Crippen LogP contribution in [0.3, 0.4) is 0 Å². The van der Waals surface area contributed by atoms with Crippen molar-refractivity contribution in [2.24, 2.45) is 0 Å². The van der Waals surface area contributed by atoms with Crippen LogP contribution in [0.15, 0.2) is 30.3 Å². The first-order chi connectivity index (χ1) is 8.20. The standard InChI is InChI=1S/C12H10Cl2N2S/c13-11-9(6-8-4-2-1-3-5-8)12(14)16-10(7-17)15-11/h1-5,17H,6-7H2. The zero-order valence-electron chi connectivity index (χ0n) is 8.90. The van der Waals surface area contributed by atoms with E-state index in [9.17, 15) is 0 Å². The maximum absolute atomic E-state index is 6.09. The lowest BCUT2D eigenvalue weighted by Crippen LogP contribution is -2.00. The molecule has 2 aromatic rings. The number of hydrogen-bond donors (Lipinski definition) is 1. The number of aromatic nitrogens is 2. The summed E-state index contributed by atoms with van der Waals surface area (Å²) in [5, 5.41) is 0.802. The van der Waals surface area contributed by atoms with Gasteiger partial charge in [-0.1, -0.05) is 53.5 Å². The Morgan fingerprint density at radius 3 is 2.12 bits per heavy atom. The van der Waals surface area contributed by atoms with Crippen LogP contribution in [0.1, 0.15) is 17.0 Å². The van der Waals surface area contributed by atoms with E-state index in [0.717, 1.165) is 11.1 Å². The number of halogens is 2. The molecule has 0 saturated heterocycles. The van der Waals surface area contributed by atoms with Crippen molar-refractivity contribution in [3.8, 4) is 0 Å². The molecule has 1 aromatic carbocycles. The molecule has 0 spiro atoms. The summed E-state index contributed by atoms with van der Waals surface area (Å²) in [6, 6.07) is 9.94. The molecule has 0 aliphatic rings. The van der Waals surface area contributed by atoms with Gasteiger partial charge in [-0.25, -0.2) is 9.97 Å². The molecule has 0 aliphatic carbocycles. The number of nitrogens with zero attached hydrogens (tertiary/aromatic N) is 2. The average Bonchev–Trinajstić information content (AvgIpc) is 2.35. The summed E-state index contributed by atoms with van der Waals surface area (Å²) in [7, 11) is 0. The highest BCUT2D eigenvalue weighted by Gasteiger charge is 2.11. The van der Waals surface area contributed by atoms with Gasteiger partial charge in [0.1, 0.15) is 16.1 Å². The molecule has 1 heterocycles. The second-order valence-electron chi connectivity index (χ2n) is 3.52. The number of hydrogen-bond acceptors (Lipinski definition) is 3. The highest BCUT2D eigenvalue weighted by atomic mass is 35.5. The van der Waals surface area contributed by atoms with Gasteiger partial charge in [0.25, 0.3) is 0 Å². The summed E-state index contributed by atoms with van der Waals surface area (Å²) in [4.78, 5) is 8.28. The maximum Gasteiger partial charge on any atom is 0.141 e. The van der Waals surface area contributed by atoms with Gasteiger partial charge in [0.05, 0.1) is 5.75 Å². The van der Waals surface area contributed by atoms with E-state index in [1.807, 2.05) is 30.3 Å². The molecule has 0 N–H and O–H groups in total. The van der Waals surface area contributed by atoms with Gasteiger partial charge in [0, 0.05) is 12.0 Å². The third-order valence-corrected chi connectivity index (χ3v) is 3.23. The fourth-order valence-electron chi connectivity index (χ4n) is 1.49. The SMILES string of the molecule is SCc1nc(Cl)c(Cc2ccccc2)c(Cl)n1. The predicted molar refractivity (Wildman–Crippen MR) is 74.0 cm³/mol. The number of thiol groups is 1. The molecule has 0 saturated carbocycles. The third-order valence-electron chi connectivity index (χ3n) is 2.32. The Morgan fingerprint density at radius 1 is 1.00 bits per heavy atom. The van der Waals surface area contributed by atoms with Crippen LogP contribution in [0, 0.1) is 0 Å². The minimum Gasteiger partial charge on any atom is -0.220 e. The molecule has 0 atom stereocenters. The van der Waals surface area contributed by atoms with Gasteiger partial charge in [-0.05, 0) is 5.56 Å². The molecule has 0 fully saturated rings. The molecule has 88 valence electrons. The topological polar surface area (TPSA) is 25.8 Å². The van der Waals surface area contributed by atoms with Crippen molar-refractivity contribution in [2.45, 2.75) is 12.2 Å². The maximum atomic E-state index is 6.09. The van der Waals surface area contributed by atoms with E-state index in [1.54, 1.807) is 0 Å². The van der Waals surface area contributed by atoms with Crippen molar-refractivity contribution >= 4 is 35.8 Å². The summed E-state index contributed by atoms with van der Waals surface area (Å²) >= 11 is 16.3. The van der Waals surface area contributed by atoms with Gasteiger partial charge < -0.3 is 0 Å². The average molecular weight is 285 g/mol. The fourth-order valence-corrected chi connectivity index (χ4v) is 2.19. The van der Waals surface area contributed by atoms with Gasteiger partial charge >= 0.3 is 0 Å². The van der Waals surface area contributed by atoms with Crippen LogP contribution in [-0.2, 0) is 12.2 Å². The lowest BCUT2D eigenvalue weighted by molar-refractivity contribution is 0.994. The van der Waals surface area contributed by atoms with Crippen LogP contribution in [0.2, 0.25) is 10.3 Å².